The second-order valence-electron chi connectivity index (χ2n) is 4.28. The molecule has 0 amide bonds. The lowest BCUT2D eigenvalue weighted by Gasteiger charge is -2.11. The maximum atomic E-state index is 5.21. The first-order chi connectivity index (χ1) is 8.35. The summed E-state index contributed by atoms with van der Waals surface area (Å²) >= 11 is 0. The van der Waals surface area contributed by atoms with E-state index in [0.717, 1.165) is 18.0 Å². The minimum Gasteiger partial charge on any atom is -0.481 e. The molecule has 0 aliphatic heterocycles. The minimum atomic E-state index is 0.579. The van der Waals surface area contributed by atoms with Crippen LogP contribution in [0.5, 0.6) is 11.8 Å². The largest absolute Gasteiger partial charge is 0.481 e. The summed E-state index contributed by atoms with van der Waals surface area (Å²) in [4.78, 5) is 8.16. The molecule has 0 radical (unpaired) electrons. The summed E-state index contributed by atoms with van der Waals surface area (Å²) in [7, 11) is 3.21. The van der Waals surface area contributed by atoms with Crippen molar-refractivity contribution in [2.75, 3.05) is 20.8 Å². The lowest BCUT2D eigenvalue weighted by molar-refractivity contribution is 0.359. The Bertz CT molecular complexity index is 345. The molecule has 1 aromatic heterocycles. The zero-order valence-corrected chi connectivity index (χ0v) is 10.4. The van der Waals surface area contributed by atoms with E-state index in [1.807, 2.05) is 0 Å². The first kappa shape index (κ1) is 12.1. The number of aromatic nitrogens is 2. The Labute approximate surface area is 102 Å². The Balaban J connectivity index is 1.91. The van der Waals surface area contributed by atoms with E-state index in [0.29, 0.717) is 18.3 Å². The Hall–Kier alpha value is -1.36. The highest BCUT2D eigenvalue weighted by molar-refractivity contribution is 5.34. The van der Waals surface area contributed by atoms with Gasteiger partial charge in [0, 0.05) is 6.54 Å². The number of nitrogens with zero attached hydrogens (tertiary/aromatic N) is 2. The van der Waals surface area contributed by atoms with Crippen molar-refractivity contribution in [1.29, 1.82) is 0 Å². The van der Waals surface area contributed by atoms with Crippen molar-refractivity contribution in [2.24, 2.45) is 5.92 Å². The summed E-state index contributed by atoms with van der Waals surface area (Å²) < 4.78 is 10.4. The molecule has 0 unspecified atom stereocenters. The summed E-state index contributed by atoms with van der Waals surface area (Å²) in [6.45, 7) is 1.70. The van der Waals surface area contributed by atoms with Crippen LogP contribution >= 0.6 is 0 Å². The standard InChI is InChI=1S/C12H19N3O2/c1-16-11-10(12(17-2)15-8-14-11)7-13-6-5-9-3-4-9/h8-9,13H,3-7H2,1-2H3. The predicted octanol–water partition coefficient (Wildman–Crippen LogP) is 1.38. The molecule has 0 bridgehead atoms. The second-order valence-corrected chi connectivity index (χ2v) is 4.28. The number of hydrogen-bond acceptors (Lipinski definition) is 5. The van der Waals surface area contributed by atoms with Gasteiger partial charge in [0.25, 0.3) is 0 Å². The van der Waals surface area contributed by atoms with Gasteiger partial charge in [0.15, 0.2) is 0 Å². The molecule has 0 aromatic carbocycles. The SMILES string of the molecule is COc1ncnc(OC)c1CNCCC1CC1. The van der Waals surface area contributed by atoms with Crippen molar-refractivity contribution in [1.82, 2.24) is 15.3 Å². The van der Waals surface area contributed by atoms with E-state index in [2.05, 4.69) is 15.3 Å². The fraction of sp³-hybridized carbons (Fsp3) is 0.667. The van der Waals surface area contributed by atoms with E-state index in [9.17, 15) is 0 Å². The molecule has 1 N–H and O–H groups in total. The molecular weight excluding hydrogens is 218 g/mol. The lowest BCUT2D eigenvalue weighted by Crippen LogP contribution is -2.17. The third-order valence-corrected chi connectivity index (χ3v) is 2.98. The van der Waals surface area contributed by atoms with E-state index in [1.54, 1.807) is 14.2 Å². The topological polar surface area (TPSA) is 56.3 Å². The highest BCUT2D eigenvalue weighted by Gasteiger charge is 2.20. The molecule has 1 aromatic rings. The molecule has 1 aliphatic carbocycles. The average molecular weight is 237 g/mol. The average Bonchev–Trinajstić information content (AvgIpc) is 3.18. The van der Waals surface area contributed by atoms with Crippen LogP contribution in [0.1, 0.15) is 24.8 Å². The Morgan fingerprint density at radius 2 is 1.88 bits per heavy atom. The molecular formula is C12H19N3O2. The maximum Gasteiger partial charge on any atom is 0.224 e. The molecule has 0 atom stereocenters. The van der Waals surface area contributed by atoms with Crippen LogP contribution in [0.25, 0.3) is 0 Å². The van der Waals surface area contributed by atoms with Crippen LogP contribution < -0.4 is 14.8 Å². The highest BCUT2D eigenvalue weighted by Crippen LogP contribution is 2.31. The molecule has 5 nitrogen and oxygen atoms in total. The van der Waals surface area contributed by atoms with E-state index < -0.39 is 0 Å². The van der Waals surface area contributed by atoms with Crippen LogP contribution in [-0.4, -0.2) is 30.7 Å². The van der Waals surface area contributed by atoms with Crippen molar-refractivity contribution in [3.63, 3.8) is 0 Å². The van der Waals surface area contributed by atoms with E-state index in [-0.39, 0.29) is 0 Å². The van der Waals surface area contributed by atoms with Gasteiger partial charge < -0.3 is 14.8 Å². The number of hydrogen-bond donors (Lipinski definition) is 1. The van der Waals surface area contributed by atoms with Gasteiger partial charge in [-0.2, -0.15) is 0 Å². The van der Waals surface area contributed by atoms with Crippen molar-refractivity contribution in [3.8, 4) is 11.8 Å². The Morgan fingerprint density at radius 1 is 1.24 bits per heavy atom. The highest BCUT2D eigenvalue weighted by atomic mass is 16.5. The van der Waals surface area contributed by atoms with Crippen molar-refractivity contribution in [2.45, 2.75) is 25.8 Å². The van der Waals surface area contributed by atoms with Gasteiger partial charge in [-0.05, 0) is 18.9 Å². The molecule has 5 heteroatoms. The van der Waals surface area contributed by atoms with Crippen molar-refractivity contribution in [3.05, 3.63) is 11.9 Å². The quantitative estimate of drug-likeness (QED) is 0.726. The zero-order chi connectivity index (χ0) is 12.1. The third kappa shape index (κ3) is 3.30. The second kappa shape index (κ2) is 5.82. The first-order valence-electron chi connectivity index (χ1n) is 5.97. The fourth-order valence-corrected chi connectivity index (χ4v) is 1.81. The van der Waals surface area contributed by atoms with Gasteiger partial charge in [0.2, 0.25) is 11.8 Å². The Kier molecular flexibility index (Phi) is 4.14. The van der Waals surface area contributed by atoms with Gasteiger partial charge in [0.05, 0.1) is 19.8 Å². The van der Waals surface area contributed by atoms with Crippen LogP contribution in [0.2, 0.25) is 0 Å². The monoisotopic (exact) mass is 237 g/mol. The van der Waals surface area contributed by atoms with Crippen LogP contribution in [0.3, 0.4) is 0 Å². The van der Waals surface area contributed by atoms with E-state index in [4.69, 9.17) is 9.47 Å². The summed E-state index contributed by atoms with van der Waals surface area (Å²) in [6.07, 6.45) is 5.48. The number of rotatable bonds is 7. The minimum absolute atomic E-state index is 0.579. The molecule has 0 spiro atoms. The van der Waals surface area contributed by atoms with Gasteiger partial charge in [-0.1, -0.05) is 12.8 Å². The summed E-state index contributed by atoms with van der Waals surface area (Å²) in [5, 5.41) is 3.38. The van der Waals surface area contributed by atoms with Crippen LogP contribution in [0.15, 0.2) is 6.33 Å². The van der Waals surface area contributed by atoms with Gasteiger partial charge in [0.1, 0.15) is 6.33 Å². The normalized spacial score (nSPS) is 14.7. The van der Waals surface area contributed by atoms with Gasteiger partial charge in [-0.25, -0.2) is 9.97 Å². The van der Waals surface area contributed by atoms with Crippen molar-refractivity contribution >= 4 is 0 Å². The molecule has 1 heterocycles. The van der Waals surface area contributed by atoms with Crippen molar-refractivity contribution < 1.29 is 9.47 Å². The first-order valence-corrected chi connectivity index (χ1v) is 5.97. The summed E-state index contributed by atoms with van der Waals surface area (Å²) in [6, 6.07) is 0. The molecule has 1 aliphatic rings. The number of methoxy groups -OCH3 is 2. The zero-order valence-electron chi connectivity index (χ0n) is 10.4. The van der Waals surface area contributed by atoms with Gasteiger partial charge in [-0.15, -0.1) is 0 Å². The maximum absolute atomic E-state index is 5.21. The molecule has 1 fully saturated rings. The molecule has 0 saturated heterocycles. The molecule has 2 rings (SSSR count). The number of nitrogens with one attached hydrogen (secondary N) is 1. The van der Waals surface area contributed by atoms with Crippen LogP contribution in [0, 0.1) is 5.92 Å². The number of ether oxygens (including phenoxy) is 2. The van der Waals surface area contributed by atoms with Crippen LogP contribution in [-0.2, 0) is 6.54 Å². The van der Waals surface area contributed by atoms with E-state index in [1.165, 1.54) is 25.6 Å². The molecule has 17 heavy (non-hydrogen) atoms. The summed E-state index contributed by atoms with van der Waals surface area (Å²) in [5.41, 5.74) is 0.883. The molecule has 94 valence electrons. The molecule has 1 saturated carbocycles. The Morgan fingerprint density at radius 3 is 2.41 bits per heavy atom. The third-order valence-electron chi connectivity index (χ3n) is 2.98. The fourth-order valence-electron chi connectivity index (χ4n) is 1.81. The van der Waals surface area contributed by atoms with Crippen LogP contribution in [0.4, 0.5) is 0 Å². The lowest BCUT2D eigenvalue weighted by atomic mass is 10.2. The summed E-state index contributed by atoms with van der Waals surface area (Å²) in [5.74, 6) is 2.10. The predicted molar refractivity (Wildman–Crippen MR) is 64.2 cm³/mol. The smallest absolute Gasteiger partial charge is 0.224 e. The van der Waals surface area contributed by atoms with Gasteiger partial charge in [-0.3, -0.25) is 0 Å². The van der Waals surface area contributed by atoms with E-state index >= 15 is 0 Å². The van der Waals surface area contributed by atoms with Gasteiger partial charge >= 0.3 is 0 Å².